The lowest BCUT2D eigenvalue weighted by molar-refractivity contribution is 0.434. The predicted molar refractivity (Wildman–Crippen MR) is 86.3 cm³/mol. The molecule has 1 aliphatic heterocycles. The molecule has 0 aromatic carbocycles. The van der Waals surface area contributed by atoms with Crippen LogP contribution in [0.1, 0.15) is 30.3 Å². The molecule has 2 N–H and O–H groups in total. The maximum Gasteiger partial charge on any atom is 0.223 e. The van der Waals surface area contributed by atoms with Crippen LogP contribution in [0.15, 0.2) is 16.2 Å². The topological polar surface area (TPSA) is 80.5 Å². The summed E-state index contributed by atoms with van der Waals surface area (Å²) in [5.74, 6) is 2.19. The molecule has 7 nitrogen and oxygen atoms in total. The van der Waals surface area contributed by atoms with E-state index in [1.54, 1.807) is 0 Å². The molecule has 0 spiro atoms. The molecule has 1 fully saturated rings. The zero-order valence-corrected chi connectivity index (χ0v) is 13.9. The van der Waals surface area contributed by atoms with Crippen LogP contribution in [-0.2, 0) is 7.05 Å². The van der Waals surface area contributed by atoms with Gasteiger partial charge < -0.3 is 15.2 Å². The molecule has 8 heteroatoms. The van der Waals surface area contributed by atoms with Crippen LogP contribution in [-0.4, -0.2) is 44.9 Å². The summed E-state index contributed by atoms with van der Waals surface area (Å²) in [6, 6.07) is 1.96. The first kappa shape index (κ1) is 15.2. The lowest BCUT2D eigenvalue weighted by atomic mass is 9.97. The van der Waals surface area contributed by atoms with Crippen LogP contribution in [0.4, 0.5) is 5.95 Å². The molecular formula is C14H21N7S. The molecule has 118 valence electrons. The number of aryl methyl sites for hydroxylation is 1. The van der Waals surface area contributed by atoms with Crippen LogP contribution in [0.2, 0.25) is 0 Å². The second-order valence-electron chi connectivity index (χ2n) is 5.45. The highest BCUT2D eigenvalue weighted by Gasteiger charge is 2.22. The lowest BCUT2D eigenvalue weighted by Gasteiger charge is -2.21. The van der Waals surface area contributed by atoms with E-state index in [1.165, 1.54) is 11.8 Å². The zero-order valence-electron chi connectivity index (χ0n) is 13.1. The van der Waals surface area contributed by atoms with Gasteiger partial charge in [-0.05, 0) is 50.7 Å². The quantitative estimate of drug-likeness (QED) is 0.828. The van der Waals surface area contributed by atoms with E-state index < -0.39 is 0 Å². The molecule has 0 radical (unpaired) electrons. The van der Waals surface area contributed by atoms with Crippen molar-refractivity contribution in [2.24, 2.45) is 7.05 Å². The number of anilines is 1. The second-order valence-corrected chi connectivity index (χ2v) is 6.43. The van der Waals surface area contributed by atoms with Gasteiger partial charge in [-0.3, -0.25) is 0 Å². The molecule has 0 bridgehead atoms. The number of aromatic nitrogens is 5. The third-order valence-electron chi connectivity index (χ3n) is 3.82. The first-order valence-corrected chi connectivity index (χ1v) is 8.30. The van der Waals surface area contributed by atoms with Gasteiger partial charge in [0.05, 0.1) is 0 Å². The van der Waals surface area contributed by atoms with Crippen LogP contribution >= 0.6 is 11.8 Å². The average molecular weight is 319 g/mol. The van der Waals surface area contributed by atoms with E-state index >= 15 is 0 Å². The van der Waals surface area contributed by atoms with Gasteiger partial charge in [-0.2, -0.15) is 0 Å². The summed E-state index contributed by atoms with van der Waals surface area (Å²) in [4.78, 5) is 8.77. The summed E-state index contributed by atoms with van der Waals surface area (Å²) in [6.45, 7) is 4.07. The van der Waals surface area contributed by atoms with Gasteiger partial charge in [-0.15, -0.1) is 10.2 Å². The maximum atomic E-state index is 4.46. The van der Waals surface area contributed by atoms with Crippen LogP contribution < -0.4 is 10.6 Å². The van der Waals surface area contributed by atoms with E-state index in [4.69, 9.17) is 0 Å². The molecule has 0 atom stereocenters. The van der Waals surface area contributed by atoms with Gasteiger partial charge in [0, 0.05) is 25.7 Å². The van der Waals surface area contributed by atoms with Gasteiger partial charge in [0.25, 0.3) is 0 Å². The summed E-state index contributed by atoms with van der Waals surface area (Å²) in [7, 11) is 3.85. The maximum absolute atomic E-state index is 4.46. The van der Waals surface area contributed by atoms with E-state index in [2.05, 4.69) is 35.4 Å². The largest absolute Gasteiger partial charge is 0.357 e. The minimum atomic E-state index is 0.494. The Hall–Kier alpha value is -1.67. The number of nitrogens with one attached hydrogen (secondary N) is 2. The number of rotatable bonds is 4. The normalized spacial score (nSPS) is 16.0. The number of piperidine rings is 1. The lowest BCUT2D eigenvalue weighted by Crippen LogP contribution is -2.27. The fraction of sp³-hybridized carbons (Fsp3) is 0.571. The molecule has 0 unspecified atom stereocenters. The van der Waals surface area contributed by atoms with Crippen molar-refractivity contribution in [2.45, 2.75) is 35.9 Å². The molecule has 22 heavy (non-hydrogen) atoms. The SMILES string of the molecule is CNc1nc(C)cc(Sc2nnc(C3CCNCC3)n2C)n1. The van der Waals surface area contributed by atoms with Crippen molar-refractivity contribution >= 4 is 17.7 Å². The fourth-order valence-corrected chi connectivity index (χ4v) is 3.51. The number of hydrogen-bond donors (Lipinski definition) is 2. The molecule has 2 aromatic rings. The Morgan fingerprint density at radius 2 is 2.05 bits per heavy atom. The summed E-state index contributed by atoms with van der Waals surface area (Å²) in [6.07, 6.45) is 2.24. The Labute approximate surface area is 134 Å². The van der Waals surface area contributed by atoms with Crippen molar-refractivity contribution in [3.8, 4) is 0 Å². The second kappa shape index (κ2) is 6.62. The third-order valence-corrected chi connectivity index (χ3v) is 4.78. The van der Waals surface area contributed by atoms with Crippen LogP contribution in [0.25, 0.3) is 0 Å². The Morgan fingerprint density at radius 1 is 1.27 bits per heavy atom. The molecule has 0 saturated carbocycles. The minimum Gasteiger partial charge on any atom is -0.357 e. The monoisotopic (exact) mass is 319 g/mol. The standard InChI is InChI=1S/C14H21N7S/c1-9-8-11(18-13(15-2)17-9)22-14-20-19-12(21(14)3)10-4-6-16-7-5-10/h8,10,16H,4-7H2,1-3H3,(H,15,17,18). The highest BCUT2D eigenvalue weighted by molar-refractivity contribution is 7.99. The van der Waals surface area contributed by atoms with Gasteiger partial charge in [-0.25, -0.2) is 9.97 Å². The van der Waals surface area contributed by atoms with Crippen molar-refractivity contribution in [1.82, 2.24) is 30.0 Å². The van der Waals surface area contributed by atoms with Crippen molar-refractivity contribution in [3.05, 3.63) is 17.6 Å². The van der Waals surface area contributed by atoms with Crippen LogP contribution in [0.3, 0.4) is 0 Å². The van der Waals surface area contributed by atoms with E-state index in [-0.39, 0.29) is 0 Å². The first-order valence-electron chi connectivity index (χ1n) is 7.48. The van der Waals surface area contributed by atoms with Crippen molar-refractivity contribution in [1.29, 1.82) is 0 Å². The van der Waals surface area contributed by atoms with Crippen molar-refractivity contribution in [3.63, 3.8) is 0 Å². The highest BCUT2D eigenvalue weighted by atomic mass is 32.2. The van der Waals surface area contributed by atoms with E-state index in [1.807, 2.05) is 27.1 Å². The van der Waals surface area contributed by atoms with Gasteiger partial charge in [-0.1, -0.05) is 0 Å². The summed E-state index contributed by atoms with van der Waals surface area (Å²) in [5.41, 5.74) is 0.933. The van der Waals surface area contributed by atoms with Gasteiger partial charge in [0.2, 0.25) is 5.95 Å². The van der Waals surface area contributed by atoms with Crippen LogP contribution in [0, 0.1) is 6.92 Å². The average Bonchev–Trinajstić information content (AvgIpc) is 2.88. The van der Waals surface area contributed by atoms with E-state index in [0.29, 0.717) is 11.9 Å². The van der Waals surface area contributed by atoms with E-state index in [0.717, 1.165) is 47.6 Å². The molecule has 3 rings (SSSR count). The summed E-state index contributed by atoms with van der Waals surface area (Å²) < 4.78 is 2.09. The number of hydrogen-bond acceptors (Lipinski definition) is 7. The Balaban J connectivity index is 1.81. The van der Waals surface area contributed by atoms with Crippen molar-refractivity contribution in [2.75, 3.05) is 25.5 Å². The summed E-state index contributed by atoms with van der Waals surface area (Å²) >= 11 is 1.53. The minimum absolute atomic E-state index is 0.494. The summed E-state index contributed by atoms with van der Waals surface area (Å²) in [5, 5.41) is 16.9. The molecule has 0 amide bonds. The van der Waals surface area contributed by atoms with Crippen molar-refractivity contribution < 1.29 is 0 Å². The molecule has 0 aliphatic carbocycles. The molecule has 1 aliphatic rings. The molecule has 1 saturated heterocycles. The van der Waals surface area contributed by atoms with Gasteiger partial charge >= 0.3 is 0 Å². The predicted octanol–water partition coefficient (Wildman–Crippen LogP) is 1.57. The third kappa shape index (κ3) is 3.22. The molecule has 2 aromatic heterocycles. The Bertz CT molecular complexity index is 649. The zero-order chi connectivity index (χ0) is 15.5. The Morgan fingerprint density at radius 3 is 2.77 bits per heavy atom. The Kier molecular flexibility index (Phi) is 4.58. The first-order chi connectivity index (χ1) is 10.7. The van der Waals surface area contributed by atoms with Gasteiger partial charge in [0.15, 0.2) is 5.16 Å². The number of nitrogens with zero attached hydrogens (tertiary/aromatic N) is 5. The highest BCUT2D eigenvalue weighted by Crippen LogP contribution is 2.29. The van der Waals surface area contributed by atoms with Crippen LogP contribution in [0.5, 0.6) is 0 Å². The fourth-order valence-electron chi connectivity index (χ4n) is 2.65. The smallest absolute Gasteiger partial charge is 0.223 e. The molecule has 3 heterocycles. The molecular weight excluding hydrogens is 298 g/mol. The van der Waals surface area contributed by atoms with E-state index in [9.17, 15) is 0 Å². The van der Waals surface area contributed by atoms with Gasteiger partial charge in [0.1, 0.15) is 10.9 Å².